The van der Waals surface area contributed by atoms with Crippen LogP contribution in [0.4, 0.5) is 4.79 Å². The maximum Gasteiger partial charge on any atom is 0.318 e. The number of nitrogens with zero attached hydrogens (tertiary/aromatic N) is 1. The number of urea groups is 1. The number of hydrogen-bond acceptors (Lipinski definition) is 4. The van der Waals surface area contributed by atoms with Gasteiger partial charge < -0.3 is 10.8 Å². The molecule has 0 spiro atoms. The SMILES string of the molecule is CC(C(=O)NC(N)=O)N1CCCCC1CC(=O)O. The third-order valence-corrected chi connectivity index (χ3v) is 3.21. The van der Waals surface area contributed by atoms with Gasteiger partial charge in [-0.2, -0.15) is 0 Å². The van der Waals surface area contributed by atoms with Gasteiger partial charge in [0.05, 0.1) is 12.5 Å². The van der Waals surface area contributed by atoms with Gasteiger partial charge in [-0.05, 0) is 26.3 Å². The van der Waals surface area contributed by atoms with Gasteiger partial charge in [0, 0.05) is 6.04 Å². The Bertz CT molecular complexity index is 345. The number of carboxylic acids is 1. The Hall–Kier alpha value is -1.63. The zero-order valence-corrected chi connectivity index (χ0v) is 10.4. The number of piperidine rings is 1. The summed E-state index contributed by atoms with van der Waals surface area (Å²) in [4.78, 5) is 34.9. The fraction of sp³-hybridized carbons (Fsp3) is 0.727. The summed E-state index contributed by atoms with van der Waals surface area (Å²) >= 11 is 0. The zero-order chi connectivity index (χ0) is 13.7. The van der Waals surface area contributed by atoms with Crippen LogP contribution in [0.1, 0.15) is 32.6 Å². The van der Waals surface area contributed by atoms with Crippen molar-refractivity contribution in [1.82, 2.24) is 10.2 Å². The molecule has 7 heteroatoms. The molecular weight excluding hydrogens is 238 g/mol. The number of nitrogens with two attached hydrogens (primary N) is 1. The van der Waals surface area contributed by atoms with Crippen LogP contribution in [0.2, 0.25) is 0 Å². The maximum atomic E-state index is 11.7. The van der Waals surface area contributed by atoms with E-state index < -0.39 is 23.9 Å². The van der Waals surface area contributed by atoms with Crippen molar-refractivity contribution in [3.8, 4) is 0 Å². The van der Waals surface area contributed by atoms with Crippen molar-refractivity contribution in [2.45, 2.75) is 44.7 Å². The molecule has 2 unspecified atom stereocenters. The molecule has 1 heterocycles. The minimum absolute atomic E-state index is 0.00813. The molecule has 2 atom stereocenters. The van der Waals surface area contributed by atoms with E-state index in [9.17, 15) is 14.4 Å². The Labute approximate surface area is 105 Å². The molecule has 3 amide bonds. The molecular formula is C11H19N3O4. The minimum atomic E-state index is -0.890. The molecule has 1 fully saturated rings. The quantitative estimate of drug-likeness (QED) is 0.651. The molecule has 0 saturated carbocycles. The predicted octanol–water partition coefficient (Wildman–Crippen LogP) is -0.101. The summed E-state index contributed by atoms with van der Waals surface area (Å²) < 4.78 is 0. The van der Waals surface area contributed by atoms with Gasteiger partial charge in [-0.15, -0.1) is 0 Å². The van der Waals surface area contributed by atoms with E-state index in [1.54, 1.807) is 6.92 Å². The van der Waals surface area contributed by atoms with Gasteiger partial charge in [0.15, 0.2) is 0 Å². The van der Waals surface area contributed by atoms with Crippen LogP contribution in [0.3, 0.4) is 0 Å². The highest BCUT2D eigenvalue weighted by atomic mass is 16.4. The Morgan fingerprint density at radius 3 is 2.67 bits per heavy atom. The third kappa shape index (κ3) is 3.99. The first-order valence-electron chi connectivity index (χ1n) is 5.99. The molecule has 18 heavy (non-hydrogen) atoms. The lowest BCUT2D eigenvalue weighted by Crippen LogP contribution is -2.53. The first-order chi connectivity index (χ1) is 8.41. The van der Waals surface area contributed by atoms with Gasteiger partial charge >= 0.3 is 12.0 Å². The smallest absolute Gasteiger partial charge is 0.318 e. The number of likely N-dealkylation sites (tertiary alicyclic amines) is 1. The van der Waals surface area contributed by atoms with Crippen LogP contribution in [0.5, 0.6) is 0 Å². The van der Waals surface area contributed by atoms with Crippen LogP contribution >= 0.6 is 0 Å². The molecule has 0 aromatic heterocycles. The summed E-state index contributed by atoms with van der Waals surface area (Å²) in [6.45, 7) is 2.31. The van der Waals surface area contributed by atoms with Crippen molar-refractivity contribution in [2.24, 2.45) is 5.73 Å². The van der Waals surface area contributed by atoms with Crippen LogP contribution in [-0.4, -0.2) is 46.5 Å². The molecule has 0 radical (unpaired) electrons. The number of imide groups is 1. The maximum absolute atomic E-state index is 11.7. The second-order valence-electron chi connectivity index (χ2n) is 4.51. The zero-order valence-electron chi connectivity index (χ0n) is 10.4. The summed E-state index contributed by atoms with van der Waals surface area (Å²) in [5.41, 5.74) is 4.89. The monoisotopic (exact) mass is 257 g/mol. The predicted molar refractivity (Wildman–Crippen MR) is 63.8 cm³/mol. The van der Waals surface area contributed by atoms with E-state index in [2.05, 4.69) is 0 Å². The summed E-state index contributed by atoms with van der Waals surface area (Å²) in [6.07, 6.45) is 2.64. The Balaban J connectivity index is 2.67. The van der Waals surface area contributed by atoms with Gasteiger partial charge in [-0.25, -0.2) is 4.79 Å². The third-order valence-electron chi connectivity index (χ3n) is 3.21. The topological polar surface area (TPSA) is 113 Å². The lowest BCUT2D eigenvalue weighted by Gasteiger charge is -2.38. The molecule has 1 aliphatic heterocycles. The van der Waals surface area contributed by atoms with Gasteiger partial charge in [0.25, 0.3) is 0 Å². The summed E-state index contributed by atoms with van der Waals surface area (Å²) in [7, 11) is 0. The average molecular weight is 257 g/mol. The number of nitrogens with one attached hydrogen (secondary N) is 1. The number of amides is 3. The fourth-order valence-electron chi connectivity index (χ4n) is 2.33. The van der Waals surface area contributed by atoms with Crippen LogP contribution in [-0.2, 0) is 9.59 Å². The number of carbonyl (C=O) groups is 3. The van der Waals surface area contributed by atoms with Crippen molar-refractivity contribution in [3.63, 3.8) is 0 Å². The molecule has 0 aromatic carbocycles. The number of aliphatic carboxylic acids is 1. The Morgan fingerprint density at radius 2 is 2.11 bits per heavy atom. The Kier molecular flexibility index (Phi) is 5.08. The molecule has 102 valence electrons. The summed E-state index contributed by atoms with van der Waals surface area (Å²) in [5, 5.41) is 10.9. The highest BCUT2D eigenvalue weighted by molar-refractivity contribution is 5.96. The van der Waals surface area contributed by atoms with Crippen LogP contribution in [0.15, 0.2) is 0 Å². The van der Waals surface area contributed by atoms with E-state index in [-0.39, 0.29) is 12.5 Å². The number of hydrogen-bond donors (Lipinski definition) is 3. The minimum Gasteiger partial charge on any atom is -0.481 e. The van der Waals surface area contributed by atoms with Crippen molar-refractivity contribution in [2.75, 3.05) is 6.54 Å². The van der Waals surface area contributed by atoms with Crippen molar-refractivity contribution >= 4 is 17.9 Å². The molecule has 0 aromatic rings. The van der Waals surface area contributed by atoms with Gasteiger partial charge in [0.1, 0.15) is 0 Å². The van der Waals surface area contributed by atoms with Crippen molar-refractivity contribution in [3.05, 3.63) is 0 Å². The number of primary amides is 1. The number of carboxylic acid groups (broad SMARTS) is 1. The van der Waals surface area contributed by atoms with Crippen LogP contribution in [0, 0.1) is 0 Å². The fourth-order valence-corrected chi connectivity index (χ4v) is 2.33. The van der Waals surface area contributed by atoms with Crippen LogP contribution in [0.25, 0.3) is 0 Å². The first-order valence-corrected chi connectivity index (χ1v) is 5.99. The molecule has 1 aliphatic rings. The molecule has 7 nitrogen and oxygen atoms in total. The van der Waals surface area contributed by atoms with E-state index in [4.69, 9.17) is 10.8 Å². The van der Waals surface area contributed by atoms with E-state index in [1.165, 1.54) is 0 Å². The first kappa shape index (κ1) is 14.4. The van der Waals surface area contributed by atoms with Gasteiger partial charge in [-0.3, -0.25) is 19.8 Å². The molecule has 1 saturated heterocycles. The van der Waals surface area contributed by atoms with E-state index in [0.717, 1.165) is 19.3 Å². The largest absolute Gasteiger partial charge is 0.481 e. The van der Waals surface area contributed by atoms with Crippen LogP contribution < -0.4 is 11.1 Å². The molecule has 0 bridgehead atoms. The molecule has 1 rings (SSSR count). The van der Waals surface area contributed by atoms with E-state index in [1.807, 2.05) is 10.2 Å². The molecule has 0 aliphatic carbocycles. The second kappa shape index (κ2) is 6.34. The van der Waals surface area contributed by atoms with E-state index >= 15 is 0 Å². The van der Waals surface area contributed by atoms with Gasteiger partial charge in [-0.1, -0.05) is 6.42 Å². The lowest BCUT2D eigenvalue weighted by molar-refractivity contribution is -0.140. The number of carbonyl (C=O) groups excluding carboxylic acids is 2. The van der Waals surface area contributed by atoms with Gasteiger partial charge in [0.2, 0.25) is 5.91 Å². The highest BCUT2D eigenvalue weighted by Gasteiger charge is 2.31. The Morgan fingerprint density at radius 1 is 1.44 bits per heavy atom. The standard InChI is InChI=1S/C11H19N3O4/c1-7(10(17)13-11(12)18)14-5-3-2-4-8(14)6-9(15)16/h7-8H,2-6H2,1H3,(H,15,16)(H3,12,13,17,18). The lowest BCUT2D eigenvalue weighted by atomic mass is 9.97. The van der Waals surface area contributed by atoms with Crippen molar-refractivity contribution < 1.29 is 19.5 Å². The number of rotatable bonds is 4. The second-order valence-corrected chi connectivity index (χ2v) is 4.51. The normalized spacial score (nSPS) is 22.2. The summed E-state index contributed by atoms with van der Waals surface area (Å²) in [5.74, 6) is -1.37. The van der Waals surface area contributed by atoms with Crippen molar-refractivity contribution in [1.29, 1.82) is 0 Å². The van der Waals surface area contributed by atoms with E-state index in [0.29, 0.717) is 6.54 Å². The average Bonchev–Trinajstić information content (AvgIpc) is 2.27. The molecule has 4 N–H and O–H groups in total. The summed E-state index contributed by atoms with van der Waals surface area (Å²) in [6, 6.07) is -1.61. The highest BCUT2D eigenvalue weighted by Crippen LogP contribution is 2.22.